The Morgan fingerprint density at radius 3 is 2.91 bits per heavy atom. The van der Waals surface area contributed by atoms with Gasteiger partial charge in [-0.05, 0) is 25.0 Å². The fourth-order valence-electron chi connectivity index (χ4n) is 2.99. The number of fused-ring (bicyclic) bond motifs is 1. The van der Waals surface area contributed by atoms with Crippen molar-refractivity contribution in [3.63, 3.8) is 0 Å². The Labute approximate surface area is 137 Å². The molecule has 1 aliphatic heterocycles. The Morgan fingerprint density at radius 1 is 1.22 bits per heavy atom. The third-order valence-corrected chi connectivity index (χ3v) is 5.20. The molecule has 4 heterocycles. The van der Waals surface area contributed by atoms with E-state index in [0.29, 0.717) is 11.8 Å². The van der Waals surface area contributed by atoms with Crippen molar-refractivity contribution in [2.24, 2.45) is 5.92 Å². The molecule has 3 aromatic heterocycles. The Hall–Kier alpha value is -2.22. The number of nitrogens with zero attached hydrogens (tertiary/aromatic N) is 6. The molecule has 118 valence electrons. The SMILES string of the molecule is c1csc(NCC2CN(c3ccc4nnc(C5CC5)n4n3)C2)n1. The number of anilines is 2. The topological polar surface area (TPSA) is 71.2 Å². The van der Waals surface area contributed by atoms with Gasteiger partial charge in [-0.3, -0.25) is 0 Å². The maximum atomic E-state index is 4.75. The summed E-state index contributed by atoms with van der Waals surface area (Å²) in [6, 6.07) is 4.06. The molecule has 8 heteroatoms. The minimum atomic E-state index is 0.555. The normalized spacial score (nSPS) is 18.3. The van der Waals surface area contributed by atoms with E-state index in [0.717, 1.165) is 42.1 Å². The van der Waals surface area contributed by atoms with Gasteiger partial charge in [-0.1, -0.05) is 0 Å². The van der Waals surface area contributed by atoms with Crippen LogP contribution in [0.1, 0.15) is 24.6 Å². The van der Waals surface area contributed by atoms with Crippen molar-refractivity contribution in [3.05, 3.63) is 29.5 Å². The van der Waals surface area contributed by atoms with E-state index in [2.05, 4.69) is 25.4 Å². The highest BCUT2D eigenvalue weighted by atomic mass is 32.1. The van der Waals surface area contributed by atoms with Crippen molar-refractivity contribution in [3.8, 4) is 0 Å². The molecule has 1 N–H and O–H groups in total. The van der Waals surface area contributed by atoms with Gasteiger partial charge in [-0.15, -0.1) is 26.6 Å². The van der Waals surface area contributed by atoms with Crippen LogP contribution in [0.5, 0.6) is 0 Å². The first-order valence-corrected chi connectivity index (χ1v) is 8.85. The fraction of sp³-hybridized carbons (Fsp3) is 0.467. The monoisotopic (exact) mass is 327 g/mol. The summed E-state index contributed by atoms with van der Waals surface area (Å²) < 4.78 is 1.92. The van der Waals surface area contributed by atoms with Crippen molar-refractivity contribution in [1.82, 2.24) is 24.8 Å². The predicted octanol–water partition coefficient (Wildman–Crippen LogP) is 2.01. The zero-order chi connectivity index (χ0) is 15.2. The highest BCUT2D eigenvalue weighted by Gasteiger charge is 2.31. The van der Waals surface area contributed by atoms with E-state index in [9.17, 15) is 0 Å². The molecule has 0 radical (unpaired) electrons. The molecule has 2 fully saturated rings. The van der Waals surface area contributed by atoms with E-state index in [1.165, 1.54) is 12.8 Å². The summed E-state index contributed by atoms with van der Waals surface area (Å²) in [4.78, 5) is 6.56. The average molecular weight is 327 g/mol. The minimum absolute atomic E-state index is 0.555. The van der Waals surface area contributed by atoms with Gasteiger partial charge in [0.1, 0.15) is 5.82 Å². The molecular formula is C15H17N7S. The maximum Gasteiger partial charge on any atom is 0.182 e. The van der Waals surface area contributed by atoms with Crippen molar-refractivity contribution in [2.45, 2.75) is 18.8 Å². The zero-order valence-corrected chi connectivity index (χ0v) is 13.4. The summed E-state index contributed by atoms with van der Waals surface area (Å²) in [6.07, 6.45) is 4.25. The van der Waals surface area contributed by atoms with E-state index in [-0.39, 0.29) is 0 Å². The molecule has 23 heavy (non-hydrogen) atoms. The van der Waals surface area contributed by atoms with Gasteiger partial charge in [-0.2, -0.15) is 4.52 Å². The highest BCUT2D eigenvalue weighted by molar-refractivity contribution is 7.13. The van der Waals surface area contributed by atoms with Crippen molar-refractivity contribution >= 4 is 27.9 Å². The highest BCUT2D eigenvalue weighted by Crippen LogP contribution is 2.38. The summed E-state index contributed by atoms with van der Waals surface area (Å²) in [5, 5.41) is 19.6. The molecule has 3 aromatic rings. The molecule has 1 aliphatic carbocycles. The lowest BCUT2D eigenvalue weighted by Gasteiger charge is -2.40. The van der Waals surface area contributed by atoms with Crippen LogP contribution >= 0.6 is 11.3 Å². The Bertz CT molecular complexity index is 818. The number of aromatic nitrogens is 5. The molecule has 0 bridgehead atoms. The van der Waals surface area contributed by atoms with Crippen LogP contribution in [-0.4, -0.2) is 44.4 Å². The lowest BCUT2D eigenvalue weighted by atomic mass is 10.0. The van der Waals surface area contributed by atoms with Crippen LogP contribution in [0.3, 0.4) is 0 Å². The largest absolute Gasteiger partial charge is 0.361 e. The van der Waals surface area contributed by atoms with Crippen molar-refractivity contribution < 1.29 is 0 Å². The Kier molecular flexibility index (Phi) is 2.97. The zero-order valence-electron chi connectivity index (χ0n) is 12.6. The quantitative estimate of drug-likeness (QED) is 0.773. The van der Waals surface area contributed by atoms with Crippen LogP contribution in [-0.2, 0) is 0 Å². The van der Waals surface area contributed by atoms with Crippen LogP contribution in [0.25, 0.3) is 5.65 Å². The molecule has 0 unspecified atom stereocenters. The van der Waals surface area contributed by atoms with Crippen LogP contribution in [0, 0.1) is 5.92 Å². The molecule has 7 nitrogen and oxygen atoms in total. The molecule has 2 aliphatic rings. The Morgan fingerprint density at radius 2 is 2.13 bits per heavy atom. The second kappa shape index (κ2) is 5.16. The van der Waals surface area contributed by atoms with Gasteiger partial charge in [0.25, 0.3) is 0 Å². The van der Waals surface area contributed by atoms with Crippen LogP contribution in [0.4, 0.5) is 10.9 Å². The van der Waals surface area contributed by atoms with Crippen LogP contribution < -0.4 is 10.2 Å². The van der Waals surface area contributed by atoms with Crippen LogP contribution in [0.15, 0.2) is 23.7 Å². The lowest BCUT2D eigenvalue weighted by molar-refractivity contribution is 0.425. The van der Waals surface area contributed by atoms with E-state index in [1.54, 1.807) is 11.3 Å². The molecule has 0 atom stereocenters. The maximum absolute atomic E-state index is 4.75. The number of hydrogen-bond donors (Lipinski definition) is 1. The summed E-state index contributed by atoms with van der Waals surface area (Å²) in [5.41, 5.74) is 0.846. The molecule has 1 saturated carbocycles. The average Bonchev–Trinajstić information content (AvgIpc) is 3.08. The number of thiazole rings is 1. The van der Waals surface area contributed by atoms with E-state index >= 15 is 0 Å². The van der Waals surface area contributed by atoms with E-state index in [4.69, 9.17) is 5.10 Å². The molecule has 0 amide bonds. The summed E-state index contributed by atoms with van der Waals surface area (Å²) in [6.45, 7) is 3.02. The number of hydrogen-bond acceptors (Lipinski definition) is 7. The molecule has 1 saturated heterocycles. The smallest absolute Gasteiger partial charge is 0.182 e. The predicted molar refractivity (Wildman–Crippen MR) is 89.1 cm³/mol. The minimum Gasteiger partial charge on any atom is -0.361 e. The van der Waals surface area contributed by atoms with Gasteiger partial charge in [0.05, 0.1) is 0 Å². The Balaban J connectivity index is 1.26. The van der Waals surface area contributed by atoms with E-state index in [1.807, 2.05) is 28.2 Å². The van der Waals surface area contributed by atoms with Gasteiger partial charge in [0.15, 0.2) is 16.6 Å². The first kappa shape index (κ1) is 13.2. The first-order valence-electron chi connectivity index (χ1n) is 7.97. The fourth-order valence-corrected chi connectivity index (χ4v) is 3.53. The number of rotatable bonds is 5. The van der Waals surface area contributed by atoms with Crippen molar-refractivity contribution in [1.29, 1.82) is 0 Å². The van der Waals surface area contributed by atoms with Gasteiger partial charge >= 0.3 is 0 Å². The molecule has 5 rings (SSSR count). The van der Waals surface area contributed by atoms with Gasteiger partial charge in [-0.25, -0.2) is 4.98 Å². The van der Waals surface area contributed by atoms with Gasteiger partial charge in [0, 0.05) is 43.0 Å². The summed E-state index contributed by atoms with van der Waals surface area (Å²) >= 11 is 1.64. The first-order chi connectivity index (χ1) is 11.4. The molecule has 0 aromatic carbocycles. The number of nitrogens with one attached hydrogen (secondary N) is 1. The van der Waals surface area contributed by atoms with Crippen LogP contribution in [0.2, 0.25) is 0 Å². The third kappa shape index (κ3) is 2.42. The lowest BCUT2D eigenvalue weighted by Crippen LogP contribution is -2.50. The van der Waals surface area contributed by atoms with Gasteiger partial charge < -0.3 is 10.2 Å². The third-order valence-electron chi connectivity index (χ3n) is 4.47. The molecular weight excluding hydrogens is 310 g/mol. The van der Waals surface area contributed by atoms with Gasteiger partial charge in [0.2, 0.25) is 0 Å². The second-order valence-electron chi connectivity index (χ2n) is 6.28. The standard InChI is InChI=1S/C15H17N7S/c1-2-11(1)14-19-18-12-3-4-13(20-22(12)14)21-8-10(9-21)7-17-15-16-5-6-23-15/h3-6,10-11H,1-2,7-9H2,(H,16,17). The molecule has 0 spiro atoms. The summed E-state index contributed by atoms with van der Waals surface area (Å²) in [5.74, 6) is 3.23. The second-order valence-corrected chi connectivity index (χ2v) is 7.18. The summed E-state index contributed by atoms with van der Waals surface area (Å²) in [7, 11) is 0. The van der Waals surface area contributed by atoms with Crippen molar-refractivity contribution in [2.75, 3.05) is 29.9 Å². The van der Waals surface area contributed by atoms with E-state index < -0.39 is 0 Å².